The van der Waals surface area contributed by atoms with E-state index in [1.165, 1.54) is 12.0 Å². The van der Waals surface area contributed by atoms with Crippen LogP contribution in [0.15, 0.2) is 54.6 Å². The van der Waals surface area contributed by atoms with Crippen LogP contribution < -0.4 is 4.90 Å². The summed E-state index contributed by atoms with van der Waals surface area (Å²) in [4.78, 5) is 19.3. The summed E-state index contributed by atoms with van der Waals surface area (Å²) >= 11 is 0. The number of carbonyl (C=O) groups excluding carboxylic acids is 1. The van der Waals surface area contributed by atoms with E-state index in [0.717, 1.165) is 69.7 Å². The summed E-state index contributed by atoms with van der Waals surface area (Å²) in [5, 5.41) is 0. The fourth-order valence-electron chi connectivity index (χ4n) is 5.15. The summed E-state index contributed by atoms with van der Waals surface area (Å²) in [7, 11) is 4.02. The van der Waals surface area contributed by atoms with Crippen molar-refractivity contribution in [2.45, 2.75) is 57.5 Å². The minimum absolute atomic E-state index is 0.0288. The van der Waals surface area contributed by atoms with Gasteiger partial charge < -0.3 is 19.3 Å². The average Bonchev–Trinajstić information content (AvgIpc) is 3.34. The molecule has 1 unspecified atom stereocenters. The number of hydrogen-bond donors (Lipinski definition) is 0. The standard InChI is InChI=1S/C29H41N3O3/c1-4-18-30(2)29(33)24-13-15-25(16-14-24)31(3)27(23-10-6-5-7-11-23)22-32-19-17-26(21-32)35-28-12-8-9-20-34-28/h5-7,10-11,13-16,26-28H,4,8-9,12,17-22H2,1-3H3/t26-,27+,28?/m0/s1. The van der Waals surface area contributed by atoms with Gasteiger partial charge in [-0.25, -0.2) is 0 Å². The molecule has 6 nitrogen and oxygen atoms in total. The number of carbonyl (C=O) groups is 1. The van der Waals surface area contributed by atoms with Gasteiger partial charge in [0, 0.05) is 58.1 Å². The van der Waals surface area contributed by atoms with E-state index >= 15 is 0 Å². The molecule has 2 fully saturated rings. The number of rotatable bonds is 10. The van der Waals surface area contributed by atoms with Gasteiger partial charge in [-0.2, -0.15) is 0 Å². The molecule has 0 saturated carbocycles. The molecule has 0 spiro atoms. The van der Waals surface area contributed by atoms with E-state index < -0.39 is 0 Å². The number of likely N-dealkylation sites (N-methyl/N-ethyl adjacent to an activating group) is 1. The molecule has 2 heterocycles. The summed E-state index contributed by atoms with van der Waals surface area (Å²) in [6.07, 6.45) is 5.57. The zero-order chi connectivity index (χ0) is 24.6. The molecule has 0 radical (unpaired) electrons. The number of likely N-dealkylation sites (tertiary alicyclic amines) is 1. The van der Waals surface area contributed by atoms with Crippen LogP contribution in [-0.2, 0) is 9.47 Å². The Morgan fingerprint density at radius 2 is 1.86 bits per heavy atom. The van der Waals surface area contributed by atoms with Gasteiger partial charge in [0.15, 0.2) is 6.29 Å². The maximum atomic E-state index is 12.7. The van der Waals surface area contributed by atoms with Crippen molar-refractivity contribution in [3.63, 3.8) is 0 Å². The van der Waals surface area contributed by atoms with Crippen molar-refractivity contribution in [2.75, 3.05) is 51.8 Å². The first-order valence-electron chi connectivity index (χ1n) is 13.2. The highest BCUT2D eigenvalue weighted by molar-refractivity contribution is 5.94. The first-order valence-corrected chi connectivity index (χ1v) is 13.2. The summed E-state index contributed by atoms with van der Waals surface area (Å²) in [6.45, 7) is 6.57. The molecular weight excluding hydrogens is 438 g/mol. The van der Waals surface area contributed by atoms with Crippen LogP contribution >= 0.6 is 0 Å². The Kier molecular flexibility index (Phi) is 9.18. The van der Waals surface area contributed by atoms with Crippen LogP contribution in [-0.4, -0.2) is 75.0 Å². The molecule has 2 saturated heterocycles. The van der Waals surface area contributed by atoms with Gasteiger partial charge in [0.2, 0.25) is 0 Å². The van der Waals surface area contributed by atoms with Gasteiger partial charge in [-0.05, 0) is 61.9 Å². The van der Waals surface area contributed by atoms with Crippen LogP contribution in [0.2, 0.25) is 0 Å². The minimum Gasteiger partial charge on any atom is -0.366 e. The number of anilines is 1. The van der Waals surface area contributed by atoms with Crippen molar-refractivity contribution in [3.8, 4) is 0 Å². The highest BCUT2D eigenvalue weighted by atomic mass is 16.7. The fourth-order valence-corrected chi connectivity index (χ4v) is 5.15. The molecule has 2 aliphatic rings. The number of benzene rings is 2. The zero-order valence-corrected chi connectivity index (χ0v) is 21.6. The van der Waals surface area contributed by atoms with Crippen LogP contribution in [0.4, 0.5) is 5.69 Å². The van der Waals surface area contributed by atoms with Crippen LogP contribution in [0.5, 0.6) is 0 Å². The second kappa shape index (κ2) is 12.5. The lowest BCUT2D eigenvalue weighted by atomic mass is 10.0. The monoisotopic (exact) mass is 479 g/mol. The van der Waals surface area contributed by atoms with E-state index in [-0.39, 0.29) is 24.3 Å². The first-order chi connectivity index (χ1) is 17.0. The lowest BCUT2D eigenvalue weighted by molar-refractivity contribution is -0.185. The van der Waals surface area contributed by atoms with Crippen LogP contribution in [0.3, 0.4) is 0 Å². The number of hydrogen-bond acceptors (Lipinski definition) is 5. The summed E-state index contributed by atoms with van der Waals surface area (Å²) in [5.41, 5.74) is 3.13. The third-order valence-corrected chi connectivity index (χ3v) is 7.22. The highest BCUT2D eigenvalue weighted by Gasteiger charge is 2.30. The first kappa shape index (κ1) is 25.7. The lowest BCUT2D eigenvalue weighted by Gasteiger charge is -2.34. The van der Waals surface area contributed by atoms with Gasteiger partial charge >= 0.3 is 0 Å². The maximum Gasteiger partial charge on any atom is 0.253 e. The lowest BCUT2D eigenvalue weighted by Crippen LogP contribution is -2.36. The van der Waals surface area contributed by atoms with E-state index in [1.807, 2.05) is 19.2 Å². The molecule has 6 heteroatoms. The number of ether oxygens (including phenoxy) is 2. The molecule has 190 valence electrons. The Hall–Kier alpha value is -2.41. The van der Waals surface area contributed by atoms with E-state index in [0.29, 0.717) is 0 Å². The zero-order valence-electron chi connectivity index (χ0n) is 21.6. The molecular formula is C29H41N3O3. The van der Waals surface area contributed by atoms with Gasteiger partial charge in [-0.15, -0.1) is 0 Å². The van der Waals surface area contributed by atoms with Gasteiger partial charge in [0.25, 0.3) is 5.91 Å². The number of nitrogens with zero attached hydrogens (tertiary/aromatic N) is 3. The quantitative estimate of drug-likeness (QED) is 0.482. The predicted molar refractivity (Wildman–Crippen MR) is 141 cm³/mol. The molecule has 2 aliphatic heterocycles. The van der Waals surface area contributed by atoms with Crippen molar-refractivity contribution < 1.29 is 14.3 Å². The SMILES string of the molecule is CCCN(C)C(=O)c1ccc(N(C)[C@H](CN2CC[C@H](OC3CCCCO3)C2)c2ccccc2)cc1. The van der Waals surface area contributed by atoms with E-state index in [4.69, 9.17) is 9.47 Å². The van der Waals surface area contributed by atoms with Crippen LogP contribution in [0.25, 0.3) is 0 Å². The molecule has 3 atom stereocenters. The highest BCUT2D eigenvalue weighted by Crippen LogP contribution is 2.29. The maximum absolute atomic E-state index is 12.7. The Labute approximate surface area is 210 Å². The van der Waals surface area contributed by atoms with Crippen LogP contribution in [0.1, 0.15) is 61.0 Å². The molecule has 0 N–H and O–H groups in total. The van der Waals surface area contributed by atoms with Crippen molar-refractivity contribution in [3.05, 3.63) is 65.7 Å². The summed E-state index contributed by atoms with van der Waals surface area (Å²) in [5.74, 6) is 0.0747. The Morgan fingerprint density at radius 1 is 1.09 bits per heavy atom. The average molecular weight is 480 g/mol. The summed E-state index contributed by atoms with van der Waals surface area (Å²) in [6, 6.07) is 18.9. The molecule has 2 aromatic carbocycles. The summed E-state index contributed by atoms with van der Waals surface area (Å²) < 4.78 is 12.1. The molecule has 35 heavy (non-hydrogen) atoms. The van der Waals surface area contributed by atoms with Crippen molar-refractivity contribution in [1.82, 2.24) is 9.80 Å². The molecule has 0 aromatic heterocycles. The predicted octanol–water partition coefficient (Wildman–Crippen LogP) is 4.96. The van der Waals surface area contributed by atoms with Gasteiger partial charge in [-0.3, -0.25) is 9.69 Å². The van der Waals surface area contributed by atoms with Crippen LogP contribution in [0, 0.1) is 0 Å². The van der Waals surface area contributed by atoms with Gasteiger partial charge in [0.05, 0.1) is 12.1 Å². The fraction of sp³-hybridized carbons (Fsp3) is 0.552. The third-order valence-electron chi connectivity index (χ3n) is 7.22. The van der Waals surface area contributed by atoms with E-state index in [2.05, 4.69) is 66.2 Å². The minimum atomic E-state index is -0.0288. The Balaban J connectivity index is 1.43. The second-order valence-corrected chi connectivity index (χ2v) is 9.91. The molecule has 0 aliphatic carbocycles. The van der Waals surface area contributed by atoms with E-state index in [9.17, 15) is 4.79 Å². The third kappa shape index (κ3) is 6.84. The normalized spacial score (nSPS) is 21.6. The molecule has 0 bridgehead atoms. The molecule has 2 aromatic rings. The Bertz CT molecular complexity index is 915. The smallest absolute Gasteiger partial charge is 0.253 e. The van der Waals surface area contributed by atoms with Crippen molar-refractivity contribution >= 4 is 11.6 Å². The Morgan fingerprint density at radius 3 is 2.54 bits per heavy atom. The van der Waals surface area contributed by atoms with E-state index in [1.54, 1.807) is 4.90 Å². The largest absolute Gasteiger partial charge is 0.366 e. The van der Waals surface area contributed by atoms with Gasteiger partial charge in [-0.1, -0.05) is 37.3 Å². The van der Waals surface area contributed by atoms with Crippen molar-refractivity contribution in [1.29, 1.82) is 0 Å². The molecule has 1 amide bonds. The van der Waals surface area contributed by atoms with Crippen molar-refractivity contribution in [2.24, 2.45) is 0 Å². The molecule has 4 rings (SSSR count). The topological polar surface area (TPSA) is 45.3 Å². The second-order valence-electron chi connectivity index (χ2n) is 9.91. The van der Waals surface area contributed by atoms with Gasteiger partial charge in [0.1, 0.15) is 0 Å². The number of amides is 1.